The first kappa shape index (κ1) is 18.2. The highest BCUT2D eigenvalue weighted by Gasteiger charge is 2.24. The second-order valence-corrected chi connectivity index (χ2v) is 8.46. The molecule has 1 aliphatic heterocycles. The molecule has 4 N–H and O–H groups in total. The van der Waals surface area contributed by atoms with Gasteiger partial charge in [-0.3, -0.25) is 4.79 Å². The number of hydrogen-bond acceptors (Lipinski definition) is 5. The summed E-state index contributed by atoms with van der Waals surface area (Å²) in [5.74, 6) is 2.99. The first-order valence-corrected chi connectivity index (χ1v) is 10.5. The van der Waals surface area contributed by atoms with Crippen molar-refractivity contribution < 1.29 is 4.79 Å². The van der Waals surface area contributed by atoms with Crippen LogP contribution in [0.2, 0.25) is 0 Å². The smallest absolute Gasteiger partial charge is 0.253 e. The minimum absolute atomic E-state index is 0.0159. The summed E-state index contributed by atoms with van der Waals surface area (Å²) in [6.07, 6.45) is 4.54. The number of nitrogens with two attached hydrogens (primary N) is 1. The monoisotopic (exact) mass is 362 g/mol. The van der Waals surface area contributed by atoms with Gasteiger partial charge in [0.15, 0.2) is 0 Å². The molecular formula is C19H30N4OS. The van der Waals surface area contributed by atoms with E-state index >= 15 is 0 Å². The van der Waals surface area contributed by atoms with Gasteiger partial charge < -0.3 is 21.3 Å². The Kier molecular flexibility index (Phi) is 5.99. The predicted molar refractivity (Wildman–Crippen MR) is 109 cm³/mol. The molecule has 138 valence electrons. The fourth-order valence-electron chi connectivity index (χ4n) is 3.74. The molecule has 1 aliphatic carbocycles. The van der Waals surface area contributed by atoms with E-state index < -0.39 is 0 Å². The fraction of sp³-hybridized carbons (Fsp3) is 0.632. The number of carbonyl (C=O) groups excluding carboxylic acids is 1. The largest absolute Gasteiger partial charge is 0.397 e. The third kappa shape index (κ3) is 4.35. The van der Waals surface area contributed by atoms with Crippen molar-refractivity contribution in [2.24, 2.45) is 5.92 Å². The van der Waals surface area contributed by atoms with Crippen molar-refractivity contribution >= 4 is 34.7 Å². The molecule has 1 saturated carbocycles. The van der Waals surface area contributed by atoms with E-state index in [0.29, 0.717) is 17.3 Å². The molecule has 1 aromatic rings. The van der Waals surface area contributed by atoms with Crippen molar-refractivity contribution in [2.75, 3.05) is 47.6 Å². The van der Waals surface area contributed by atoms with Crippen LogP contribution in [0.3, 0.4) is 0 Å². The van der Waals surface area contributed by atoms with Crippen LogP contribution in [-0.2, 0) is 0 Å². The van der Waals surface area contributed by atoms with Gasteiger partial charge in [0.2, 0.25) is 0 Å². The average molecular weight is 363 g/mol. The summed E-state index contributed by atoms with van der Waals surface area (Å²) in [6.45, 7) is 4.24. The lowest BCUT2D eigenvalue weighted by Crippen LogP contribution is -2.39. The number of anilines is 3. The van der Waals surface area contributed by atoms with Gasteiger partial charge >= 0.3 is 0 Å². The molecule has 2 aliphatic rings. The van der Waals surface area contributed by atoms with E-state index in [1.807, 2.05) is 30.9 Å². The highest BCUT2D eigenvalue weighted by molar-refractivity contribution is 7.99. The van der Waals surface area contributed by atoms with Gasteiger partial charge in [0.1, 0.15) is 0 Å². The average Bonchev–Trinajstić information content (AvgIpc) is 2.64. The van der Waals surface area contributed by atoms with Crippen LogP contribution in [0.4, 0.5) is 17.1 Å². The van der Waals surface area contributed by atoms with Crippen LogP contribution in [-0.4, -0.2) is 43.6 Å². The summed E-state index contributed by atoms with van der Waals surface area (Å²) < 4.78 is 0. The Morgan fingerprint density at radius 2 is 1.88 bits per heavy atom. The van der Waals surface area contributed by atoms with Crippen molar-refractivity contribution in [2.45, 2.75) is 38.6 Å². The molecule has 0 atom stereocenters. The van der Waals surface area contributed by atoms with E-state index in [1.165, 1.54) is 12.8 Å². The Balaban J connectivity index is 1.82. The van der Waals surface area contributed by atoms with E-state index in [-0.39, 0.29) is 5.91 Å². The summed E-state index contributed by atoms with van der Waals surface area (Å²) in [4.78, 5) is 15.3. The molecule has 1 saturated heterocycles. The number of nitrogens with zero attached hydrogens (tertiary/aromatic N) is 1. The first-order valence-electron chi connectivity index (χ1n) is 9.33. The molecule has 0 bridgehead atoms. The first-order chi connectivity index (χ1) is 12.1. The van der Waals surface area contributed by atoms with Gasteiger partial charge in [-0.25, -0.2) is 0 Å². The highest BCUT2D eigenvalue weighted by Crippen LogP contribution is 2.32. The van der Waals surface area contributed by atoms with E-state index in [4.69, 9.17) is 5.73 Å². The number of carbonyl (C=O) groups is 1. The summed E-state index contributed by atoms with van der Waals surface area (Å²) >= 11 is 1.97. The fourth-order valence-corrected chi connectivity index (χ4v) is 4.64. The Hall–Kier alpha value is -1.56. The van der Waals surface area contributed by atoms with Gasteiger partial charge in [-0.15, -0.1) is 0 Å². The minimum atomic E-state index is 0.0159. The van der Waals surface area contributed by atoms with E-state index in [2.05, 4.69) is 22.5 Å². The molecule has 2 fully saturated rings. The maximum Gasteiger partial charge on any atom is 0.253 e. The highest BCUT2D eigenvalue weighted by atomic mass is 32.2. The number of hydrogen-bond donors (Lipinski definition) is 3. The second-order valence-electron chi connectivity index (χ2n) is 7.24. The molecule has 1 aromatic carbocycles. The molecule has 0 unspecified atom stereocenters. The lowest BCUT2D eigenvalue weighted by Gasteiger charge is -2.32. The lowest BCUT2D eigenvalue weighted by molar-refractivity contribution is 0.0923. The minimum Gasteiger partial charge on any atom is -0.397 e. The van der Waals surface area contributed by atoms with Gasteiger partial charge in [0, 0.05) is 37.7 Å². The summed E-state index contributed by atoms with van der Waals surface area (Å²) in [5.41, 5.74) is 9.38. The zero-order valence-electron chi connectivity index (χ0n) is 15.3. The molecule has 1 amide bonds. The van der Waals surface area contributed by atoms with Crippen LogP contribution in [0.25, 0.3) is 0 Å². The van der Waals surface area contributed by atoms with Crippen LogP contribution < -0.4 is 21.3 Å². The van der Waals surface area contributed by atoms with Crippen LogP contribution >= 0.6 is 11.8 Å². The molecule has 0 aromatic heterocycles. The number of nitrogen functional groups attached to an aromatic ring is 1. The zero-order chi connectivity index (χ0) is 17.8. The van der Waals surface area contributed by atoms with Crippen LogP contribution in [0.1, 0.15) is 43.0 Å². The Morgan fingerprint density at radius 1 is 1.20 bits per heavy atom. The molecule has 0 radical (unpaired) electrons. The molecule has 5 nitrogen and oxygen atoms in total. The van der Waals surface area contributed by atoms with Crippen molar-refractivity contribution in [3.63, 3.8) is 0 Å². The molecular weight excluding hydrogens is 332 g/mol. The lowest BCUT2D eigenvalue weighted by atomic mass is 9.87. The maximum atomic E-state index is 13.0. The number of thioether (sulfide) groups is 1. The third-order valence-corrected chi connectivity index (χ3v) is 6.33. The topological polar surface area (TPSA) is 70.4 Å². The van der Waals surface area contributed by atoms with E-state index in [9.17, 15) is 4.79 Å². The zero-order valence-corrected chi connectivity index (χ0v) is 16.1. The molecule has 0 spiro atoms. The summed E-state index contributed by atoms with van der Waals surface area (Å²) in [5, 5.41) is 6.39. The van der Waals surface area contributed by atoms with Gasteiger partial charge in [-0.2, -0.15) is 11.8 Å². The number of nitrogens with one attached hydrogen (secondary N) is 2. The van der Waals surface area contributed by atoms with Crippen molar-refractivity contribution in [3.05, 3.63) is 17.7 Å². The molecule has 25 heavy (non-hydrogen) atoms. The standard InChI is InChI=1S/C19H30N4OS/c1-13-3-5-14(6-4-13)22-19(24)15-11-16(20)17(21-2)12-18(15)23-7-9-25-10-8-23/h11-14,21H,3-10,20H2,1-2H3,(H,22,24)/t13-,14-. The molecule has 6 heteroatoms. The predicted octanol–water partition coefficient (Wildman–Crippen LogP) is 3.17. The van der Waals surface area contributed by atoms with Crippen LogP contribution in [0.15, 0.2) is 12.1 Å². The Bertz CT molecular complexity index is 608. The number of rotatable bonds is 4. The van der Waals surface area contributed by atoms with Gasteiger partial charge in [0.05, 0.1) is 22.6 Å². The maximum absolute atomic E-state index is 13.0. The SMILES string of the molecule is CNc1cc(N2CCSCC2)c(C(=O)N[C@H]2CC[C@H](C)CC2)cc1N. The van der Waals surface area contributed by atoms with Crippen LogP contribution in [0, 0.1) is 5.92 Å². The second kappa shape index (κ2) is 8.21. The third-order valence-electron chi connectivity index (χ3n) is 5.38. The van der Waals surface area contributed by atoms with E-state index in [0.717, 1.165) is 54.7 Å². The number of amides is 1. The van der Waals surface area contributed by atoms with Crippen molar-refractivity contribution in [1.82, 2.24) is 5.32 Å². The summed E-state index contributed by atoms with van der Waals surface area (Å²) in [6, 6.07) is 4.16. The van der Waals surface area contributed by atoms with Gasteiger partial charge in [-0.05, 0) is 43.7 Å². The van der Waals surface area contributed by atoms with E-state index in [1.54, 1.807) is 0 Å². The Labute approximate surface area is 155 Å². The number of benzene rings is 1. The summed E-state index contributed by atoms with van der Waals surface area (Å²) in [7, 11) is 1.87. The molecule has 3 rings (SSSR count). The van der Waals surface area contributed by atoms with Crippen molar-refractivity contribution in [1.29, 1.82) is 0 Å². The molecule has 1 heterocycles. The normalized spacial score (nSPS) is 24.0. The quantitative estimate of drug-likeness (QED) is 0.718. The Morgan fingerprint density at radius 3 is 2.52 bits per heavy atom. The van der Waals surface area contributed by atoms with Crippen LogP contribution in [0.5, 0.6) is 0 Å². The van der Waals surface area contributed by atoms with Gasteiger partial charge in [-0.1, -0.05) is 6.92 Å². The van der Waals surface area contributed by atoms with Crippen molar-refractivity contribution in [3.8, 4) is 0 Å². The van der Waals surface area contributed by atoms with Gasteiger partial charge in [0.25, 0.3) is 5.91 Å².